The Balaban J connectivity index is 0.00000144. The fraction of sp³-hybridized carbons (Fsp3) is 0.462. The molecule has 1 amide bonds. The van der Waals surface area contributed by atoms with Crippen LogP contribution in [-0.2, 0) is 11.3 Å². The molecule has 3 heteroatoms. The van der Waals surface area contributed by atoms with Crippen molar-refractivity contribution in [3.63, 3.8) is 0 Å². The zero-order valence-corrected chi connectivity index (χ0v) is 9.57. The molecule has 1 saturated heterocycles. The third-order valence-corrected chi connectivity index (χ3v) is 3.00. The van der Waals surface area contributed by atoms with E-state index in [1.165, 1.54) is 0 Å². The van der Waals surface area contributed by atoms with Crippen molar-refractivity contribution in [2.75, 3.05) is 0 Å². The Bertz CT molecular complexity index is 356. The number of benzene rings is 1. The zero-order valence-electron chi connectivity index (χ0n) is 9.57. The lowest BCUT2D eigenvalue weighted by atomic mass is 10.2. The summed E-state index contributed by atoms with van der Waals surface area (Å²) in [5.74, 6) is 0.119. The lowest BCUT2D eigenvalue weighted by molar-refractivity contribution is -0.123. The molecule has 0 aliphatic carbocycles. The molecule has 88 valence electrons. The van der Waals surface area contributed by atoms with Crippen LogP contribution in [0.4, 0.5) is 0 Å². The van der Waals surface area contributed by atoms with E-state index in [-0.39, 0.29) is 13.4 Å². The summed E-state index contributed by atoms with van der Waals surface area (Å²) in [6.07, 6.45) is 2.03. The fourth-order valence-corrected chi connectivity index (χ4v) is 2.04. The van der Waals surface area contributed by atoms with Gasteiger partial charge in [-0.2, -0.15) is 0 Å². The Morgan fingerprint density at radius 3 is 2.81 bits per heavy atom. The molecule has 3 nitrogen and oxygen atoms in total. The largest absolute Gasteiger partial charge is 0.351 e. The van der Waals surface area contributed by atoms with Crippen LogP contribution < -0.4 is 10.6 Å². The second-order valence-corrected chi connectivity index (χ2v) is 4.40. The molecule has 2 atom stereocenters. The summed E-state index contributed by atoms with van der Waals surface area (Å²) in [5, 5.41) is 6.24. The SMILES string of the molecule is CC1CCC(C(=O)NCc2ccccc2)N1.[HH]. The summed E-state index contributed by atoms with van der Waals surface area (Å²) in [5.41, 5.74) is 1.14. The van der Waals surface area contributed by atoms with Gasteiger partial charge >= 0.3 is 0 Å². The van der Waals surface area contributed by atoms with Gasteiger partial charge in [0.25, 0.3) is 0 Å². The number of amides is 1. The molecule has 1 heterocycles. The second kappa shape index (κ2) is 5.12. The minimum absolute atomic E-state index is 0. The van der Waals surface area contributed by atoms with E-state index in [1.807, 2.05) is 30.3 Å². The highest BCUT2D eigenvalue weighted by molar-refractivity contribution is 5.82. The number of carbonyl (C=O) groups excluding carboxylic acids is 1. The van der Waals surface area contributed by atoms with E-state index < -0.39 is 0 Å². The highest BCUT2D eigenvalue weighted by Gasteiger charge is 2.25. The van der Waals surface area contributed by atoms with Crippen LogP contribution in [0, 0.1) is 0 Å². The standard InChI is InChI=1S/C13H18N2O.H2/c1-10-7-8-12(15-10)13(16)14-9-11-5-3-2-4-6-11;/h2-6,10,12,15H,7-9H2,1H3,(H,14,16);1H. The van der Waals surface area contributed by atoms with Crippen LogP contribution in [0.1, 0.15) is 26.8 Å². The molecular formula is C13H20N2O. The van der Waals surface area contributed by atoms with Gasteiger partial charge < -0.3 is 10.6 Å². The van der Waals surface area contributed by atoms with Crippen molar-refractivity contribution in [3.05, 3.63) is 35.9 Å². The van der Waals surface area contributed by atoms with E-state index in [4.69, 9.17) is 0 Å². The van der Waals surface area contributed by atoms with Crippen LogP contribution in [0.25, 0.3) is 0 Å². The van der Waals surface area contributed by atoms with E-state index >= 15 is 0 Å². The van der Waals surface area contributed by atoms with Gasteiger partial charge in [0.15, 0.2) is 0 Å². The minimum atomic E-state index is -0.00119. The quantitative estimate of drug-likeness (QED) is 0.814. The summed E-state index contributed by atoms with van der Waals surface area (Å²) in [6, 6.07) is 10.4. The summed E-state index contributed by atoms with van der Waals surface area (Å²) >= 11 is 0. The summed E-state index contributed by atoms with van der Waals surface area (Å²) in [4.78, 5) is 11.8. The molecule has 0 aromatic heterocycles. The highest BCUT2D eigenvalue weighted by Crippen LogP contribution is 2.11. The number of rotatable bonds is 3. The molecule has 0 spiro atoms. The molecule has 2 unspecified atom stereocenters. The van der Waals surface area contributed by atoms with Gasteiger partial charge in [-0.3, -0.25) is 4.79 Å². The topological polar surface area (TPSA) is 41.1 Å². The predicted molar refractivity (Wildman–Crippen MR) is 66.0 cm³/mol. The first-order valence-corrected chi connectivity index (χ1v) is 5.83. The van der Waals surface area contributed by atoms with Gasteiger partial charge in [-0.15, -0.1) is 0 Å². The average molecular weight is 220 g/mol. The normalized spacial score (nSPS) is 24.3. The smallest absolute Gasteiger partial charge is 0.237 e. The first-order chi connectivity index (χ1) is 7.75. The van der Waals surface area contributed by atoms with Crippen molar-refractivity contribution in [3.8, 4) is 0 Å². The number of carbonyl (C=O) groups is 1. The van der Waals surface area contributed by atoms with Gasteiger partial charge in [0.1, 0.15) is 0 Å². The van der Waals surface area contributed by atoms with Crippen LogP contribution in [0.3, 0.4) is 0 Å². The molecule has 2 N–H and O–H groups in total. The fourth-order valence-electron chi connectivity index (χ4n) is 2.04. The Kier molecular flexibility index (Phi) is 3.57. The average Bonchev–Trinajstić information content (AvgIpc) is 2.74. The van der Waals surface area contributed by atoms with Gasteiger partial charge in [0, 0.05) is 14.0 Å². The van der Waals surface area contributed by atoms with Crippen molar-refractivity contribution in [1.82, 2.24) is 10.6 Å². The second-order valence-electron chi connectivity index (χ2n) is 4.40. The van der Waals surface area contributed by atoms with Crippen molar-refractivity contribution in [2.24, 2.45) is 0 Å². The van der Waals surface area contributed by atoms with Crippen LogP contribution in [0.5, 0.6) is 0 Å². The monoisotopic (exact) mass is 220 g/mol. The lowest BCUT2D eigenvalue weighted by Crippen LogP contribution is -2.41. The van der Waals surface area contributed by atoms with Crippen molar-refractivity contribution in [2.45, 2.75) is 38.4 Å². The number of nitrogens with one attached hydrogen (secondary N) is 2. The molecule has 1 aliphatic rings. The molecule has 2 rings (SSSR count). The molecule has 0 saturated carbocycles. The van der Waals surface area contributed by atoms with Crippen molar-refractivity contribution in [1.29, 1.82) is 0 Å². The summed E-state index contributed by atoms with van der Waals surface area (Å²) in [7, 11) is 0. The third kappa shape index (κ3) is 2.83. The van der Waals surface area contributed by atoms with Gasteiger partial charge in [-0.1, -0.05) is 30.3 Å². The van der Waals surface area contributed by atoms with Crippen LogP contribution in [0.15, 0.2) is 30.3 Å². The highest BCUT2D eigenvalue weighted by atomic mass is 16.2. The maximum absolute atomic E-state index is 11.8. The van der Waals surface area contributed by atoms with Crippen molar-refractivity contribution < 1.29 is 6.22 Å². The molecule has 1 aliphatic heterocycles. The van der Waals surface area contributed by atoms with Crippen LogP contribution in [0.2, 0.25) is 0 Å². The van der Waals surface area contributed by atoms with Crippen LogP contribution >= 0.6 is 0 Å². The van der Waals surface area contributed by atoms with Gasteiger partial charge in [0.05, 0.1) is 6.04 Å². The maximum Gasteiger partial charge on any atom is 0.237 e. The molecule has 1 fully saturated rings. The molecule has 0 radical (unpaired) electrons. The summed E-state index contributed by atoms with van der Waals surface area (Å²) in [6.45, 7) is 2.73. The van der Waals surface area contributed by atoms with Gasteiger partial charge in [0.2, 0.25) is 5.91 Å². The van der Waals surface area contributed by atoms with Crippen molar-refractivity contribution >= 4 is 5.91 Å². The molecule has 1 aromatic carbocycles. The van der Waals surface area contributed by atoms with Gasteiger partial charge in [-0.25, -0.2) is 0 Å². The molecular weight excluding hydrogens is 200 g/mol. The van der Waals surface area contributed by atoms with E-state index in [0.717, 1.165) is 18.4 Å². The Hall–Kier alpha value is -1.35. The minimum Gasteiger partial charge on any atom is -0.351 e. The first-order valence-electron chi connectivity index (χ1n) is 5.83. The third-order valence-electron chi connectivity index (χ3n) is 3.00. The summed E-state index contributed by atoms with van der Waals surface area (Å²) < 4.78 is 0. The van der Waals surface area contributed by atoms with E-state index in [9.17, 15) is 4.79 Å². The van der Waals surface area contributed by atoms with E-state index in [0.29, 0.717) is 12.6 Å². The number of hydrogen-bond donors (Lipinski definition) is 2. The lowest BCUT2D eigenvalue weighted by Gasteiger charge is -2.12. The Morgan fingerprint density at radius 2 is 2.19 bits per heavy atom. The Morgan fingerprint density at radius 1 is 1.44 bits per heavy atom. The molecule has 1 aromatic rings. The first kappa shape index (κ1) is 11.1. The molecule has 0 bridgehead atoms. The number of hydrogen-bond acceptors (Lipinski definition) is 2. The predicted octanol–water partition coefficient (Wildman–Crippen LogP) is 1.69. The van der Waals surface area contributed by atoms with Gasteiger partial charge in [-0.05, 0) is 25.3 Å². The van der Waals surface area contributed by atoms with E-state index in [2.05, 4.69) is 17.6 Å². The molecule has 16 heavy (non-hydrogen) atoms. The Labute approximate surface area is 97.7 Å². The maximum atomic E-state index is 11.8. The van der Waals surface area contributed by atoms with Crippen LogP contribution in [-0.4, -0.2) is 18.0 Å². The zero-order chi connectivity index (χ0) is 11.4. The van der Waals surface area contributed by atoms with E-state index in [1.54, 1.807) is 0 Å².